The van der Waals surface area contributed by atoms with Gasteiger partial charge in [0.2, 0.25) is 17.7 Å². The molecule has 0 N–H and O–H groups in total. The first kappa shape index (κ1) is 18.8. The molecule has 150 valence electrons. The Bertz CT molecular complexity index is 751. The molecule has 0 radical (unpaired) electrons. The van der Waals surface area contributed by atoms with Gasteiger partial charge in [-0.3, -0.25) is 14.4 Å². The van der Waals surface area contributed by atoms with Crippen molar-refractivity contribution in [1.29, 1.82) is 0 Å². The molecule has 1 aromatic carbocycles. The molecule has 2 aliphatic heterocycles. The molecule has 7 heteroatoms. The van der Waals surface area contributed by atoms with Gasteiger partial charge >= 0.3 is 0 Å². The van der Waals surface area contributed by atoms with Crippen molar-refractivity contribution in [3.63, 3.8) is 0 Å². The second-order valence-corrected chi connectivity index (χ2v) is 7.91. The van der Waals surface area contributed by atoms with Crippen LogP contribution in [0.5, 0.6) is 5.75 Å². The summed E-state index contributed by atoms with van der Waals surface area (Å²) < 4.78 is 5.14. The summed E-state index contributed by atoms with van der Waals surface area (Å²) in [6.07, 6.45) is 2.83. The van der Waals surface area contributed by atoms with E-state index < -0.39 is 0 Å². The highest BCUT2D eigenvalue weighted by Gasteiger charge is 2.43. The maximum atomic E-state index is 12.8. The number of rotatable bonds is 5. The van der Waals surface area contributed by atoms with Crippen molar-refractivity contribution in [3.8, 4) is 5.75 Å². The average Bonchev–Trinajstić information content (AvgIpc) is 3.49. The molecule has 2 heterocycles. The molecule has 1 aromatic rings. The van der Waals surface area contributed by atoms with Crippen LogP contribution in [0.2, 0.25) is 0 Å². The summed E-state index contributed by atoms with van der Waals surface area (Å²) in [5.41, 5.74) is 0.953. The van der Waals surface area contributed by atoms with Gasteiger partial charge in [-0.15, -0.1) is 0 Å². The molecule has 1 aliphatic carbocycles. The van der Waals surface area contributed by atoms with Gasteiger partial charge in [-0.1, -0.05) is 12.1 Å². The molecule has 4 rings (SSSR count). The van der Waals surface area contributed by atoms with Crippen LogP contribution in [0.1, 0.15) is 24.8 Å². The van der Waals surface area contributed by atoms with E-state index >= 15 is 0 Å². The van der Waals surface area contributed by atoms with Gasteiger partial charge in [0.05, 0.1) is 19.4 Å². The van der Waals surface area contributed by atoms with Gasteiger partial charge in [-0.05, 0) is 30.5 Å². The number of benzene rings is 1. The fraction of sp³-hybridized carbons (Fsp3) is 0.571. The van der Waals surface area contributed by atoms with Gasteiger partial charge in [-0.2, -0.15) is 0 Å². The zero-order chi connectivity index (χ0) is 19.7. The second-order valence-electron chi connectivity index (χ2n) is 7.91. The van der Waals surface area contributed by atoms with E-state index in [1.165, 1.54) is 0 Å². The lowest BCUT2D eigenvalue weighted by Gasteiger charge is -2.36. The Labute approximate surface area is 165 Å². The topological polar surface area (TPSA) is 70.2 Å². The Morgan fingerprint density at radius 1 is 1.04 bits per heavy atom. The average molecular weight is 385 g/mol. The van der Waals surface area contributed by atoms with Crippen LogP contribution in [0.4, 0.5) is 0 Å². The maximum Gasteiger partial charge on any atom is 0.228 e. The van der Waals surface area contributed by atoms with Crippen LogP contribution < -0.4 is 4.74 Å². The van der Waals surface area contributed by atoms with E-state index in [4.69, 9.17) is 4.74 Å². The molecular formula is C21H27N3O4. The van der Waals surface area contributed by atoms with Crippen LogP contribution in [0.15, 0.2) is 24.3 Å². The maximum absolute atomic E-state index is 12.8. The lowest BCUT2D eigenvalue weighted by molar-refractivity contribution is -0.141. The lowest BCUT2D eigenvalue weighted by Crippen LogP contribution is -2.52. The number of likely N-dealkylation sites (tertiary alicyclic amines) is 1. The van der Waals surface area contributed by atoms with E-state index in [0.29, 0.717) is 51.6 Å². The van der Waals surface area contributed by atoms with E-state index in [1.807, 2.05) is 39.0 Å². The molecule has 28 heavy (non-hydrogen) atoms. The summed E-state index contributed by atoms with van der Waals surface area (Å²) in [5.74, 6) is 0.824. The molecule has 1 saturated carbocycles. The minimum absolute atomic E-state index is 0.0683. The fourth-order valence-corrected chi connectivity index (χ4v) is 4.10. The number of nitrogens with zero attached hydrogens (tertiary/aromatic N) is 3. The SMILES string of the molecule is COc1ccc(CC(=O)N2CCN(C(=O)C3CC(=O)N(C4CC4)C3)CC2)cc1. The molecular weight excluding hydrogens is 358 g/mol. The van der Waals surface area contributed by atoms with Crippen molar-refractivity contribution in [2.45, 2.75) is 31.7 Å². The third kappa shape index (κ3) is 3.98. The molecule has 2 saturated heterocycles. The largest absolute Gasteiger partial charge is 0.497 e. The van der Waals surface area contributed by atoms with Gasteiger partial charge < -0.3 is 19.4 Å². The van der Waals surface area contributed by atoms with Crippen molar-refractivity contribution in [2.24, 2.45) is 5.92 Å². The van der Waals surface area contributed by atoms with Gasteiger partial charge in [0.15, 0.2) is 0 Å². The second kappa shape index (κ2) is 7.81. The summed E-state index contributed by atoms with van der Waals surface area (Å²) >= 11 is 0. The highest BCUT2D eigenvalue weighted by atomic mass is 16.5. The van der Waals surface area contributed by atoms with Crippen molar-refractivity contribution in [2.75, 3.05) is 39.8 Å². The highest BCUT2D eigenvalue weighted by Crippen LogP contribution is 2.33. The molecule has 3 aliphatic rings. The van der Waals surface area contributed by atoms with Crippen LogP contribution in [-0.4, -0.2) is 78.3 Å². The van der Waals surface area contributed by atoms with Gasteiger partial charge in [-0.25, -0.2) is 0 Å². The first-order valence-corrected chi connectivity index (χ1v) is 10.0. The molecule has 3 amide bonds. The standard InChI is InChI=1S/C21H27N3O4/c1-28-18-6-2-15(3-7-18)12-19(25)22-8-10-23(11-9-22)21(27)16-13-20(26)24(14-16)17-4-5-17/h2-3,6-7,16-17H,4-5,8-14H2,1H3. The van der Waals surface area contributed by atoms with Gasteiger partial charge in [0, 0.05) is 45.2 Å². The Hall–Kier alpha value is -2.57. The Morgan fingerprint density at radius 2 is 1.68 bits per heavy atom. The molecule has 1 atom stereocenters. The van der Waals surface area contributed by atoms with E-state index in [9.17, 15) is 14.4 Å². The van der Waals surface area contributed by atoms with Crippen LogP contribution >= 0.6 is 0 Å². The number of hydrogen-bond acceptors (Lipinski definition) is 4. The van der Waals surface area contributed by atoms with E-state index in [2.05, 4.69) is 0 Å². The molecule has 0 spiro atoms. The zero-order valence-electron chi connectivity index (χ0n) is 16.3. The predicted octanol–water partition coefficient (Wildman–Crippen LogP) is 0.919. The highest BCUT2D eigenvalue weighted by molar-refractivity contribution is 5.89. The van der Waals surface area contributed by atoms with E-state index in [0.717, 1.165) is 24.2 Å². The monoisotopic (exact) mass is 385 g/mol. The quantitative estimate of drug-likeness (QED) is 0.756. The third-order valence-electron chi connectivity index (χ3n) is 5.95. The van der Waals surface area contributed by atoms with Crippen LogP contribution in [0, 0.1) is 5.92 Å². The number of ether oxygens (including phenoxy) is 1. The number of piperazine rings is 1. The molecule has 3 fully saturated rings. The fourth-order valence-electron chi connectivity index (χ4n) is 4.10. The predicted molar refractivity (Wildman–Crippen MR) is 103 cm³/mol. The summed E-state index contributed by atoms with van der Waals surface area (Å²) in [7, 11) is 1.62. The number of carbonyl (C=O) groups excluding carboxylic acids is 3. The number of amides is 3. The summed E-state index contributed by atoms with van der Waals surface area (Å²) in [5, 5.41) is 0. The molecule has 0 aromatic heterocycles. The summed E-state index contributed by atoms with van der Waals surface area (Å²) in [4.78, 5) is 43.0. The summed E-state index contributed by atoms with van der Waals surface area (Å²) in [6, 6.07) is 7.89. The van der Waals surface area contributed by atoms with Gasteiger partial charge in [0.25, 0.3) is 0 Å². The van der Waals surface area contributed by atoms with E-state index in [-0.39, 0.29) is 23.6 Å². The van der Waals surface area contributed by atoms with Crippen molar-refractivity contribution >= 4 is 17.7 Å². The van der Waals surface area contributed by atoms with Crippen LogP contribution in [0.3, 0.4) is 0 Å². The van der Waals surface area contributed by atoms with Crippen LogP contribution in [-0.2, 0) is 20.8 Å². The van der Waals surface area contributed by atoms with Crippen LogP contribution in [0.25, 0.3) is 0 Å². The Morgan fingerprint density at radius 3 is 2.29 bits per heavy atom. The smallest absolute Gasteiger partial charge is 0.228 e. The molecule has 7 nitrogen and oxygen atoms in total. The Kier molecular flexibility index (Phi) is 5.24. The number of methoxy groups -OCH3 is 1. The van der Waals surface area contributed by atoms with Crippen molar-refractivity contribution < 1.29 is 19.1 Å². The third-order valence-corrected chi connectivity index (χ3v) is 5.95. The minimum Gasteiger partial charge on any atom is -0.497 e. The first-order valence-electron chi connectivity index (χ1n) is 10.0. The first-order chi connectivity index (χ1) is 13.5. The van der Waals surface area contributed by atoms with Gasteiger partial charge in [0.1, 0.15) is 5.75 Å². The molecule has 1 unspecified atom stereocenters. The number of hydrogen-bond donors (Lipinski definition) is 0. The minimum atomic E-state index is -0.213. The van der Waals surface area contributed by atoms with Crippen molar-refractivity contribution in [1.82, 2.24) is 14.7 Å². The zero-order valence-corrected chi connectivity index (χ0v) is 16.3. The molecule has 0 bridgehead atoms. The normalized spacial score (nSPS) is 22.5. The summed E-state index contributed by atoms with van der Waals surface area (Å²) in [6.45, 7) is 2.75. The number of carbonyl (C=O) groups is 3. The van der Waals surface area contributed by atoms with E-state index in [1.54, 1.807) is 7.11 Å². The Balaban J connectivity index is 1.26. The van der Waals surface area contributed by atoms with Crippen molar-refractivity contribution in [3.05, 3.63) is 29.8 Å². The lowest BCUT2D eigenvalue weighted by atomic mass is 10.1.